The van der Waals surface area contributed by atoms with Crippen molar-refractivity contribution < 1.29 is 23.8 Å². The largest absolute Gasteiger partial charge is 0.497 e. The molecule has 0 saturated carbocycles. The summed E-state index contributed by atoms with van der Waals surface area (Å²) in [5, 5.41) is 5.49. The van der Waals surface area contributed by atoms with Gasteiger partial charge in [-0.1, -0.05) is 30.0 Å². The maximum absolute atomic E-state index is 12.9. The lowest BCUT2D eigenvalue weighted by molar-refractivity contribution is -0.139. The zero-order valence-electron chi connectivity index (χ0n) is 19.1. The molecule has 0 fully saturated rings. The van der Waals surface area contributed by atoms with E-state index in [0.717, 1.165) is 10.7 Å². The predicted molar refractivity (Wildman–Crippen MR) is 132 cm³/mol. The molecule has 2 heterocycles. The first-order valence-corrected chi connectivity index (χ1v) is 11.6. The Balaban J connectivity index is 1.56. The minimum absolute atomic E-state index is 0.196. The number of methoxy groups -OCH3 is 1. The van der Waals surface area contributed by atoms with Crippen LogP contribution in [0.25, 0.3) is 0 Å². The standard InChI is InChI=1S/C25H25N3O5S/c1-4-32-24(30)22-16(2)26-25-28(13-14-34-25)23(22)19-7-5-6-8-20(19)33-15-21(29)27-17-9-11-18(31-3)12-10-17/h5-14,23H,4,15H2,1-3H3,(H,27,29)/t23-/m1/s1. The van der Waals surface area contributed by atoms with E-state index in [1.54, 1.807) is 51.3 Å². The predicted octanol–water partition coefficient (Wildman–Crippen LogP) is 4.48. The summed E-state index contributed by atoms with van der Waals surface area (Å²) >= 11 is 1.48. The molecular weight excluding hydrogens is 454 g/mol. The van der Waals surface area contributed by atoms with Crippen molar-refractivity contribution in [1.29, 1.82) is 0 Å². The number of rotatable bonds is 8. The van der Waals surface area contributed by atoms with Gasteiger partial charge in [0, 0.05) is 17.5 Å². The molecule has 2 aliphatic heterocycles. The zero-order valence-corrected chi connectivity index (χ0v) is 19.9. The lowest BCUT2D eigenvalue weighted by Crippen LogP contribution is -2.34. The van der Waals surface area contributed by atoms with Crippen molar-refractivity contribution in [1.82, 2.24) is 4.90 Å². The number of ether oxygens (including phenoxy) is 3. The Morgan fingerprint density at radius 3 is 2.65 bits per heavy atom. The van der Waals surface area contributed by atoms with E-state index >= 15 is 0 Å². The van der Waals surface area contributed by atoms with Gasteiger partial charge in [-0.05, 0) is 49.6 Å². The lowest BCUT2D eigenvalue weighted by atomic mass is 9.94. The van der Waals surface area contributed by atoms with E-state index in [9.17, 15) is 9.59 Å². The van der Waals surface area contributed by atoms with Crippen LogP contribution in [0.4, 0.5) is 5.69 Å². The van der Waals surface area contributed by atoms with Gasteiger partial charge in [0.2, 0.25) is 0 Å². The molecular formula is C25H25N3O5S. The summed E-state index contributed by atoms with van der Waals surface area (Å²) in [6.07, 6.45) is 1.88. The monoisotopic (exact) mass is 479 g/mol. The van der Waals surface area contributed by atoms with Crippen LogP contribution in [0.1, 0.15) is 25.5 Å². The van der Waals surface area contributed by atoms with Crippen molar-refractivity contribution in [2.75, 3.05) is 25.6 Å². The summed E-state index contributed by atoms with van der Waals surface area (Å²) < 4.78 is 16.4. The minimum atomic E-state index is -0.487. The first-order chi connectivity index (χ1) is 16.5. The summed E-state index contributed by atoms with van der Waals surface area (Å²) in [7, 11) is 1.58. The maximum atomic E-state index is 12.9. The molecule has 2 aromatic carbocycles. The van der Waals surface area contributed by atoms with Crippen LogP contribution in [0.2, 0.25) is 0 Å². The van der Waals surface area contributed by atoms with Crippen LogP contribution in [-0.2, 0) is 14.3 Å². The van der Waals surface area contributed by atoms with Gasteiger partial charge < -0.3 is 24.4 Å². The van der Waals surface area contributed by atoms with Crippen molar-refractivity contribution in [2.45, 2.75) is 19.9 Å². The highest BCUT2D eigenvalue weighted by atomic mass is 32.2. The molecule has 4 rings (SSSR count). The second-order valence-electron chi connectivity index (χ2n) is 7.43. The molecule has 1 N–H and O–H groups in total. The van der Waals surface area contributed by atoms with E-state index in [-0.39, 0.29) is 19.1 Å². The second kappa shape index (κ2) is 10.5. The van der Waals surface area contributed by atoms with Crippen molar-refractivity contribution in [3.8, 4) is 11.5 Å². The van der Waals surface area contributed by atoms with Gasteiger partial charge in [0.1, 0.15) is 11.5 Å². The third-order valence-corrected chi connectivity index (χ3v) is 6.03. The second-order valence-corrected chi connectivity index (χ2v) is 8.30. The number of para-hydroxylation sites is 1. The van der Waals surface area contributed by atoms with E-state index < -0.39 is 12.0 Å². The van der Waals surface area contributed by atoms with E-state index in [4.69, 9.17) is 14.2 Å². The molecule has 34 heavy (non-hydrogen) atoms. The maximum Gasteiger partial charge on any atom is 0.338 e. The molecule has 0 unspecified atom stereocenters. The molecule has 176 valence electrons. The Morgan fingerprint density at radius 1 is 1.15 bits per heavy atom. The van der Waals surface area contributed by atoms with E-state index in [0.29, 0.717) is 28.5 Å². The number of amides is 1. The first-order valence-electron chi connectivity index (χ1n) is 10.8. The number of thioether (sulfide) groups is 1. The van der Waals surface area contributed by atoms with Crippen molar-refractivity contribution in [3.63, 3.8) is 0 Å². The highest BCUT2D eigenvalue weighted by Crippen LogP contribution is 2.43. The van der Waals surface area contributed by atoms with Gasteiger partial charge in [0.05, 0.1) is 31.0 Å². The first kappa shape index (κ1) is 23.4. The Kier molecular flexibility index (Phi) is 7.22. The molecule has 9 heteroatoms. The number of allylic oxidation sites excluding steroid dienone is 1. The Bertz CT molecular complexity index is 1170. The number of carbonyl (C=O) groups excluding carboxylic acids is 2. The van der Waals surface area contributed by atoms with Crippen LogP contribution in [0.3, 0.4) is 0 Å². The van der Waals surface area contributed by atoms with E-state index in [2.05, 4.69) is 10.3 Å². The Labute approximate surface area is 202 Å². The van der Waals surface area contributed by atoms with Crippen LogP contribution >= 0.6 is 11.8 Å². The number of aliphatic imine (C=N–C) groups is 1. The van der Waals surface area contributed by atoms with Crippen molar-refractivity contribution >= 4 is 34.5 Å². The Morgan fingerprint density at radius 2 is 1.91 bits per heavy atom. The molecule has 0 aliphatic carbocycles. The van der Waals surface area contributed by atoms with Crippen molar-refractivity contribution in [2.24, 2.45) is 4.99 Å². The molecule has 2 aromatic rings. The highest BCUT2D eigenvalue weighted by Gasteiger charge is 2.38. The van der Waals surface area contributed by atoms with Gasteiger partial charge in [0.25, 0.3) is 5.91 Å². The summed E-state index contributed by atoms with van der Waals surface area (Å²) in [5.41, 5.74) is 2.41. The number of hydrogen-bond donors (Lipinski definition) is 1. The number of benzene rings is 2. The van der Waals surface area contributed by atoms with Crippen LogP contribution in [0.5, 0.6) is 11.5 Å². The van der Waals surface area contributed by atoms with Gasteiger partial charge in [-0.25, -0.2) is 9.79 Å². The topological polar surface area (TPSA) is 89.5 Å². The zero-order chi connectivity index (χ0) is 24.1. The van der Waals surface area contributed by atoms with E-state index in [1.165, 1.54) is 11.8 Å². The Hall–Kier alpha value is -3.72. The number of carbonyl (C=O) groups is 2. The number of nitrogens with one attached hydrogen (secondary N) is 1. The number of nitrogens with zero attached hydrogens (tertiary/aromatic N) is 2. The molecule has 0 saturated heterocycles. The number of fused-ring (bicyclic) bond motifs is 1. The van der Waals surface area contributed by atoms with Crippen molar-refractivity contribution in [3.05, 3.63) is 77.0 Å². The van der Waals surface area contributed by atoms with Crippen LogP contribution in [0.15, 0.2) is 76.4 Å². The highest BCUT2D eigenvalue weighted by molar-refractivity contribution is 8.16. The van der Waals surface area contributed by atoms with Gasteiger partial charge in [-0.3, -0.25) is 4.79 Å². The molecule has 0 bridgehead atoms. The van der Waals surface area contributed by atoms with Gasteiger partial charge >= 0.3 is 5.97 Å². The summed E-state index contributed by atoms with van der Waals surface area (Å²) in [4.78, 5) is 31.9. The SMILES string of the molecule is CCOC(=O)C1=C(C)N=C2SC=CN2[C@@H]1c1ccccc1OCC(=O)Nc1ccc(OC)cc1. The fourth-order valence-electron chi connectivity index (χ4n) is 3.73. The van der Waals surface area contributed by atoms with Gasteiger partial charge in [-0.2, -0.15) is 0 Å². The molecule has 0 radical (unpaired) electrons. The normalized spacial score (nSPS) is 16.6. The molecule has 0 spiro atoms. The van der Waals surface area contributed by atoms with Crippen LogP contribution in [-0.4, -0.2) is 42.3 Å². The third kappa shape index (κ3) is 4.94. The molecule has 1 amide bonds. The van der Waals surface area contributed by atoms with Crippen LogP contribution < -0.4 is 14.8 Å². The van der Waals surface area contributed by atoms with Gasteiger partial charge in [0.15, 0.2) is 11.8 Å². The molecule has 8 nitrogen and oxygen atoms in total. The molecule has 2 aliphatic rings. The number of esters is 1. The minimum Gasteiger partial charge on any atom is -0.497 e. The quantitative estimate of drug-likeness (QED) is 0.559. The van der Waals surface area contributed by atoms with E-state index in [1.807, 2.05) is 34.7 Å². The third-order valence-electron chi connectivity index (χ3n) is 5.26. The van der Waals surface area contributed by atoms with Gasteiger partial charge in [-0.15, -0.1) is 0 Å². The fraction of sp³-hybridized carbons (Fsp3) is 0.240. The fourth-order valence-corrected chi connectivity index (χ4v) is 4.52. The lowest BCUT2D eigenvalue weighted by Gasteiger charge is -2.34. The number of hydrogen-bond acceptors (Lipinski definition) is 8. The molecule has 0 aromatic heterocycles. The average molecular weight is 480 g/mol. The number of amidine groups is 1. The summed E-state index contributed by atoms with van der Waals surface area (Å²) in [5.74, 6) is 0.469. The number of anilines is 1. The smallest absolute Gasteiger partial charge is 0.338 e. The average Bonchev–Trinajstić information content (AvgIpc) is 3.31. The van der Waals surface area contributed by atoms with Crippen LogP contribution in [0, 0.1) is 0 Å². The molecule has 1 atom stereocenters. The summed E-state index contributed by atoms with van der Waals surface area (Å²) in [6, 6.07) is 13.9. The summed E-state index contributed by atoms with van der Waals surface area (Å²) in [6.45, 7) is 3.63.